The molecule has 6 aliphatic rings. The highest BCUT2D eigenvalue weighted by Crippen LogP contribution is 2.45. The van der Waals surface area contributed by atoms with Crippen LogP contribution in [0.25, 0.3) is 0 Å². The van der Waals surface area contributed by atoms with Crippen molar-refractivity contribution in [3.8, 4) is 0 Å². The first-order valence-corrected chi connectivity index (χ1v) is 27.3. The number of piperidine rings is 1. The van der Waals surface area contributed by atoms with Crippen molar-refractivity contribution in [2.75, 3.05) is 67.5 Å². The summed E-state index contributed by atoms with van der Waals surface area (Å²) < 4.78 is 53.6. The van der Waals surface area contributed by atoms with Crippen molar-refractivity contribution in [3.05, 3.63) is 47.6 Å². The fraction of sp³-hybridized carbons (Fsp3) is 0.772. The number of hydrogen-bond acceptors (Lipinski definition) is 16. The van der Waals surface area contributed by atoms with Gasteiger partial charge in [0, 0.05) is 64.4 Å². The zero-order valence-electron chi connectivity index (χ0n) is 45.5. The smallest absolute Gasteiger partial charge is 0.329 e. The Balaban J connectivity index is 1.33. The molecular formula is C57H87NO16. The Morgan fingerprint density at radius 3 is 2.34 bits per heavy atom. The lowest BCUT2D eigenvalue weighted by Gasteiger charge is -2.50. The summed E-state index contributed by atoms with van der Waals surface area (Å²) >= 11 is 0. The third-order valence-corrected chi connectivity index (χ3v) is 16.6. The summed E-state index contributed by atoms with van der Waals surface area (Å²) in [5.41, 5.74) is 1.25. The highest BCUT2D eigenvalue weighted by atomic mass is 16.6. The first kappa shape index (κ1) is 59.7. The van der Waals surface area contributed by atoms with Gasteiger partial charge in [0.15, 0.2) is 5.78 Å². The standard InChI is InChI=1S/C57H87NO16/c1-34-14-11-10-12-15-35(2)47(72-33-42-32-69-23-25-70-42)30-41-19-17-39(6)57(65,74-41)54(62)55(63)58-21-13-16-43-44(28-40-18-20-46(49(29-40)67-8)71-24-22-66-7)48(73-56(64)50(43)58)31-45(59)36(3)27-38(5)52(61)53(68-9)51(60)37(4)26-34/h10-12,14-15,27,34,36-37,39-44,46-50,52-53,61,65H,13,16-26,28-33H2,1-9H3/b12-10+,14-11+,35-15+,38-27+/t34-,36-,37-,39-,40+,41+,42+,43-,44?,46-,47+,48+,49-,50?,52-,53+,57-/m1/s1. The number of amides is 1. The van der Waals surface area contributed by atoms with Crippen LogP contribution in [0, 0.1) is 41.4 Å². The molecule has 0 spiro atoms. The van der Waals surface area contributed by atoms with Crippen molar-refractivity contribution >= 4 is 29.2 Å². The van der Waals surface area contributed by atoms with Gasteiger partial charge in [-0.05, 0) is 101 Å². The minimum atomic E-state index is -2.48. The van der Waals surface area contributed by atoms with Crippen LogP contribution in [0.4, 0.5) is 0 Å². The molecule has 5 aliphatic heterocycles. The summed E-state index contributed by atoms with van der Waals surface area (Å²) in [6.45, 7) is 13.4. The van der Waals surface area contributed by atoms with Gasteiger partial charge in [0.05, 0.1) is 64.1 Å². The van der Waals surface area contributed by atoms with Crippen LogP contribution in [0.5, 0.6) is 0 Å². The molecule has 4 saturated heterocycles. The lowest BCUT2D eigenvalue weighted by atomic mass is 9.68. The van der Waals surface area contributed by atoms with Crippen molar-refractivity contribution in [2.45, 2.75) is 173 Å². The number of fused-ring (bicyclic) bond motifs is 4. The van der Waals surface area contributed by atoms with E-state index in [0.717, 1.165) is 18.4 Å². The maximum atomic E-state index is 14.7. The van der Waals surface area contributed by atoms with Gasteiger partial charge >= 0.3 is 5.97 Å². The maximum Gasteiger partial charge on any atom is 0.329 e. The van der Waals surface area contributed by atoms with E-state index in [1.165, 1.54) is 12.0 Å². The molecule has 0 aromatic carbocycles. The van der Waals surface area contributed by atoms with Crippen LogP contribution in [0.2, 0.25) is 0 Å². The number of methoxy groups -OCH3 is 3. The average molecular weight is 1040 g/mol. The fourth-order valence-corrected chi connectivity index (χ4v) is 12.2. The van der Waals surface area contributed by atoms with Crippen LogP contribution in [-0.2, 0) is 66.6 Å². The maximum absolute atomic E-state index is 14.7. The van der Waals surface area contributed by atoms with Crippen LogP contribution in [0.15, 0.2) is 47.6 Å². The molecule has 0 radical (unpaired) electrons. The number of rotatable bonds is 11. The molecular weight excluding hydrogens is 955 g/mol. The molecule has 1 aliphatic carbocycles. The second-order valence-electron chi connectivity index (χ2n) is 22.0. The van der Waals surface area contributed by atoms with Gasteiger partial charge in [-0.3, -0.25) is 19.2 Å². The first-order chi connectivity index (χ1) is 35.4. The number of carbonyl (C=O) groups is 5. The number of allylic oxidation sites excluding steroid dienone is 6. The van der Waals surface area contributed by atoms with Gasteiger partial charge in [0.2, 0.25) is 5.79 Å². The van der Waals surface area contributed by atoms with Crippen molar-refractivity contribution < 1.29 is 76.8 Å². The van der Waals surface area contributed by atoms with Crippen LogP contribution in [0.3, 0.4) is 0 Å². The molecule has 1 amide bonds. The van der Waals surface area contributed by atoms with E-state index in [1.807, 2.05) is 51.2 Å². The number of carbonyl (C=O) groups excluding carboxylic acids is 5. The summed E-state index contributed by atoms with van der Waals surface area (Å²) in [7, 11) is 4.68. The molecule has 4 bridgehead atoms. The molecule has 1 saturated carbocycles. The van der Waals surface area contributed by atoms with E-state index in [-0.39, 0.29) is 73.6 Å². The number of aliphatic hydroxyl groups excluding tert-OH is 1. The SMILES string of the molecule is COCCO[C@@H]1CC[C@@H](CC2[C@H]3CCCN4C(=O)C(=O)[C@]5(O)O[C@@H](CC[C@H]5C)C[C@H](OC[C@@H]5COCCO5)/C(C)=C/C=C/C=C/[C@@H](C)C[C@@H](C)C(=O)[C@H](OC)[C@H](O)/C(C)=C/[C@@H](C)C(=O)C[C@@H]2OC(=O)C34)C[C@H]1OC. The van der Waals surface area contributed by atoms with Gasteiger partial charge in [-0.15, -0.1) is 0 Å². The normalized spacial score (nSPS) is 41.2. The Morgan fingerprint density at radius 2 is 1.62 bits per heavy atom. The summed E-state index contributed by atoms with van der Waals surface area (Å²) in [5.74, 6) is -8.53. The van der Waals surface area contributed by atoms with E-state index in [2.05, 4.69) is 0 Å². The molecule has 74 heavy (non-hydrogen) atoms. The number of hydrogen-bond donors (Lipinski definition) is 2. The van der Waals surface area contributed by atoms with Gasteiger partial charge in [-0.1, -0.05) is 64.2 Å². The first-order valence-electron chi connectivity index (χ1n) is 27.3. The molecule has 2 unspecified atom stereocenters. The Kier molecular flexibility index (Phi) is 22.8. The molecule has 5 fully saturated rings. The van der Waals surface area contributed by atoms with Gasteiger partial charge < -0.3 is 57.7 Å². The number of aliphatic hydroxyl groups is 2. The molecule has 17 nitrogen and oxygen atoms in total. The summed E-state index contributed by atoms with van der Waals surface area (Å²) in [4.78, 5) is 73.3. The monoisotopic (exact) mass is 1040 g/mol. The molecule has 17 atom stereocenters. The highest BCUT2D eigenvalue weighted by molar-refractivity contribution is 6.39. The summed E-state index contributed by atoms with van der Waals surface area (Å²) in [6, 6.07) is -1.14. The molecule has 0 aromatic rings. The van der Waals surface area contributed by atoms with E-state index >= 15 is 0 Å². The number of esters is 1. The van der Waals surface area contributed by atoms with Gasteiger partial charge in [0.25, 0.3) is 11.7 Å². The predicted molar refractivity (Wildman–Crippen MR) is 273 cm³/mol. The van der Waals surface area contributed by atoms with Crippen LogP contribution in [-0.4, -0.2) is 173 Å². The van der Waals surface area contributed by atoms with Crippen molar-refractivity contribution in [3.63, 3.8) is 0 Å². The Labute approximate surface area is 439 Å². The molecule has 17 heteroatoms. The number of ether oxygens (including phenoxy) is 9. The molecule has 2 N–H and O–H groups in total. The van der Waals surface area contributed by atoms with Crippen molar-refractivity contribution in [1.82, 2.24) is 4.90 Å². The summed E-state index contributed by atoms with van der Waals surface area (Å²) in [6.07, 6.45) is 11.3. The highest BCUT2D eigenvalue weighted by Gasteiger charge is 2.57. The topological polar surface area (TPSA) is 212 Å². The fourth-order valence-electron chi connectivity index (χ4n) is 12.2. The van der Waals surface area contributed by atoms with E-state index in [0.29, 0.717) is 83.6 Å². The van der Waals surface area contributed by atoms with Gasteiger partial charge in [-0.2, -0.15) is 0 Å². The second-order valence-corrected chi connectivity index (χ2v) is 22.0. The van der Waals surface area contributed by atoms with Crippen LogP contribution < -0.4 is 0 Å². The van der Waals surface area contributed by atoms with E-state index in [1.54, 1.807) is 41.1 Å². The van der Waals surface area contributed by atoms with E-state index in [4.69, 9.17) is 42.6 Å². The predicted octanol–water partition coefficient (Wildman–Crippen LogP) is 5.86. The number of ketones is 3. The quantitative estimate of drug-likeness (QED) is 0.107. The minimum Gasteiger partial charge on any atom is -0.460 e. The third kappa shape index (κ3) is 15.2. The Bertz CT molecular complexity index is 2010. The second kappa shape index (κ2) is 28.2. The third-order valence-electron chi connectivity index (χ3n) is 16.6. The zero-order chi connectivity index (χ0) is 53.7. The average Bonchev–Trinajstić information content (AvgIpc) is 3.39. The Morgan fingerprint density at radius 1 is 0.838 bits per heavy atom. The lowest BCUT2D eigenvalue weighted by Crippen LogP contribution is -2.65. The zero-order valence-corrected chi connectivity index (χ0v) is 45.5. The van der Waals surface area contributed by atoms with Gasteiger partial charge in [-0.25, -0.2) is 4.79 Å². The van der Waals surface area contributed by atoms with Gasteiger partial charge in [0.1, 0.15) is 36.2 Å². The number of nitrogens with zero attached hydrogens (tertiary/aromatic N) is 1. The molecule has 416 valence electrons. The van der Waals surface area contributed by atoms with Crippen molar-refractivity contribution in [2.24, 2.45) is 41.4 Å². The van der Waals surface area contributed by atoms with Crippen LogP contribution in [0.1, 0.15) is 112 Å². The van der Waals surface area contributed by atoms with E-state index < -0.39 is 83.7 Å². The van der Waals surface area contributed by atoms with Crippen LogP contribution >= 0.6 is 0 Å². The van der Waals surface area contributed by atoms with Crippen molar-refractivity contribution in [1.29, 1.82) is 0 Å². The molecule has 6 rings (SSSR count). The Hall–Kier alpha value is -3.49. The minimum absolute atomic E-state index is 0.00234. The van der Waals surface area contributed by atoms with E-state index in [9.17, 15) is 34.2 Å². The summed E-state index contributed by atoms with van der Waals surface area (Å²) in [5, 5.41) is 23.9. The lowest BCUT2D eigenvalue weighted by molar-refractivity contribution is -0.266. The molecule has 0 aromatic heterocycles. The number of Topliss-reactive ketones (excluding diaryl/α,β-unsaturated/α-hetero) is 3. The largest absolute Gasteiger partial charge is 0.460 e. The molecule has 5 heterocycles.